The van der Waals surface area contributed by atoms with Gasteiger partial charge in [-0.15, -0.1) is 11.3 Å². The number of aromatic nitrogens is 4. The van der Waals surface area contributed by atoms with E-state index in [0.29, 0.717) is 24.1 Å². The number of aliphatic hydroxyl groups excluding tert-OH is 2. The molecule has 3 aromatic heterocycles. The number of hydrogen-bond donors (Lipinski definition) is 4. The number of methoxy groups -OCH3 is 1. The van der Waals surface area contributed by atoms with Gasteiger partial charge in [-0.25, -0.2) is 15.0 Å². The zero-order valence-corrected chi connectivity index (χ0v) is 19.0. The molecule has 1 saturated carbocycles. The second kappa shape index (κ2) is 8.89. The van der Waals surface area contributed by atoms with Gasteiger partial charge in [-0.2, -0.15) is 4.98 Å². The molecule has 0 aliphatic heterocycles. The van der Waals surface area contributed by atoms with E-state index in [9.17, 15) is 10.2 Å². The molecule has 9 nitrogen and oxygen atoms in total. The number of pyridine rings is 1. The molecular weight excluding hydrogens is 440 g/mol. The summed E-state index contributed by atoms with van der Waals surface area (Å²) in [6, 6.07) is 11.1. The van der Waals surface area contributed by atoms with E-state index in [1.54, 1.807) is 43.0 Å². The van der Waals surface area contributed by atoms with Crippen LogP contribution in [0.15, 0.2) is 48.8 Å². The summed E-state index contributed by atoms with van der Waals surface area (Å²) in [4.78, 5) is 18.0. The van der Waals surface area contributed by atoms with Crippen LogP contribution in [0.25, 0.3) is 20.8 Å². The first kappa shape index (κ1) is 21.5. The van der Waals surface area contributed by atoms with Gasteiger partial charge in [0.1, 0.15) is 16.9 Å². The zero-order valence-electron chi connectivity index (χ0n) is 18.1. The molecule has 3 heterocycles. The van der Waals surface area contributed by atoms with Gasteiger partial charge in [0.05, 0.1) is 35.0 Å². The number of para-hydroxylation sites is 1. The molecule has 1 fully saturated rings. The fourth-order valence-electron chi connectivity index (χ4n) is 4.00. The van der Waals surface area contributed by atoms with Crippen molar-refractivity contribution in [1.82, 2.24) is 19.9 Å². The summed E-state index contributed by atoms with van der Waals surface area (Å²) in [5.74, 6) is 1.36. The number of anilines is 3. The van der Waals surface area contributed by atoms with E-state index in [2.05, 4.69) is 20.6 Å². The number of benzene rings is 1. The summed E-state index contributed by atoms with van der Waals surface area (Å²) < 4.78 is 6.24. The minimum atomic E-state index is -0.890. The lowest BCUT2D eigenvalue weighted by atomic mass is 10.1. The predicted molar refractivity (Wildman–Crippen MR) is 128 cm³/mol. The highest BCUT2D eigenvalue weighted by atomic mass is 32.1. The lowest BCUT2D eigenvalue weighted by Crippen LogP contribution is -2.35. The predicted octanol–water partition coefficient (Wildman–Crippen LogP) is 3.44. The van der Waals surface area contributed by atoms with Crippen LogP contribution in [0.5, 0.6) is 5.88 Å². The van der Waals surface area contributed by atoms with E-state index in [0.717, 1.165) is 26.5 Å². The first-order valence-corrected chi connectivity index (χ1v) is 11.5. The molecular formula is C23H24N6O3S. The molecule has 0 radical (unpaired) electrons. The number of aliphatic hydroxyl groups is 2. The van der Waals surface area contributed by atoms with Crippen LogP contribution in [0, 0.1) is 5.92 Å². The first-order valence-electron chi connectivity index (χ1n) is 10.6. The van der Waals surface area contributed by atoms with Crippen molar-refractivity contribution in [2.24, 2.45) is 5.92 Å². The van der Waals surface area contributed by atoms with Crippen molar-refractivity contribution in [2.75, 3.05) is 17.7 Å². The minimum Gasteiger partial charge on any atom is -0.481 e. The Morgan fingerprint density at radius 3 is 2.70 bits per heavy atom. The zero-order chi connectivity index (χ0) is 22.9. The molecule has 1 aliphatic rings. The molecule has 1 aromatic carbocycles. The van der Waals surface area contributed by atoms with Crippen molar-refractivity contribution in [3.8, 4) is 16.5 Å². The van der Waals surface area contributed by atoms with Crippen LogP contribution in [-0.2, 0) is 0 Å². The topological polar surface area (TPSA) is 125 Å². The lowest BCUT2D eigenvalue weighted by molar-refractivity contribution is 0.0210. The van der Waals surface area contributed by atoms with Crippen LogP contribution in [0.2, 0.25) is 0 Å². The van der Waals surface area contributed by atoms with Crippen molar-refractivity contribution in [2.45, 2.75) is 31.6 Å². The number of thiazole rings is 1. The van der Waals surface area contributed by atoms with Gasteiger partial charge in [0.25, 0.3) is 0 Å². The Bertz CT molecular complexity index is 1250. The maximum atomic E-state index is 10.5. The Morgan fingerprint density at radius 1 is 1.09 bits per heavy atom. The average Bonchev–Trinajstić information content (AvgIpc) is 3.36. The van der Waals surface area contributed by atoms with Crippen molar-refractivity contribution in [1.29, 1.82) is 0 Å². The summed E-state index contributed by atoms with van der Waals surface area (Å²) in [6.45, 7) is 1.92. The fourth-order valence-corrected chi connectivity index (χ4v) is 4.97. The monoisotopic (exact) mass is 464 g/mol. The largest absolute Gasteiger partial charge is 0.481 e. The molecule has 1 aliphatic carbocycles. The van der Waals surface area contributed by atoms with E-state index in [1.165, 1.54) is 0 Å². The van der Waals surface area contributed by atoms with Crippen molar-refractivity contribution < 1.29 is 14.9 Å². The number of fused-ring (bicyclic) bond motifs is 1. The van der Waals surface area contributed by atoms with E-state index in [4.69, 9.17) is 14.7 Å². The van der Waals surface area contributed by atoms with Crippen LogP contribution in [0.4, 0.5) is 17.5 Å². The van der Waals surface area contributed by atoms with E-state index in [1.807, 2.05) is 31.2 Å². The third-order valence-corrected chi connectivity index (χ3v) is 6.88. The van der Waals surface area contributed by atoms with Crippen molar-refractivity contribution in [3.05, 3.63) is 48.8 Å². The Labute approximate surface area is 194 Å². The Hall–Kier alpha value is -3.34. The molecule has 4 atom stereocenters. The molecule has 4 aromatic rings. The van der Waals surface area contributed by atoms with Gasteiger partial charge in [-0.3, -0.25) is 0 Å². The molecule has 0 bridgehead atoms. The Balaban J connectivity index is 1.52. The van der Waals surface area contributed by atoms with Gasteiger partial charge in [0, 0.05) is 24.1 Å². The molecule has 33 heavy (non-hydrogen) atoms. The van der Waals surface area contributed by atoms with Gasteiger partial charge in [-0.1, -0.05) is 19.1 Å². The molecule has 0 unspecified atom stereocenters. The Morgan fingerprint density at radius 2 is 1.94 bits per heavy atom. The smallest absolute Gasteiger partial charge is 0.229 e. The molecule has 10 heteroatoms. The first-order chi connectivity index (χ1) is 16.0. The van der Waals surface area contributed by atoms with Crippen LogP contribution in [-0.4, -0.2) is 55.5 Å². The SMILES string of the molecule is COc1cc(Nc2ncc(-c3nc4ccccc4s3)c(N[C@@H]3C[C@H](C)[C@@H](O)[C@H]3O)n2)ccn1. The average molecular weight is 465 g/mol. The maximum Gasteiger partial charge on any atom is 0.229 e. The molecule has 5 rings (SSSR count). The van der Waals surface area contributed by atoms with Crippen LogP contribution in [0.1, 0.15) is 13.3 Å². The molecule has 0 spiro atoms. The second-order valence-corrected chi connectivity index (χ2v) is 9.13. The highest BCUT2D eigenvalue weighted by Gasteiger charge is 2.39. The van der Waals surface area contributed by atoms with E-state index >= 15 is 0 Å². The third kappa shape index (κ3) is 4.32. The summed E-state index contributed by atoms with van der Waals surface area (Å²) in [6.07, 6.45) is 2.30. The highest BCUT2D eigenvalue weighted by Crippen LogP contribution is 2.36. The van der Waals surface area contributed by atoms with E-state index < -0.39 is 12.2 Å². The normalized spacial score (nSPS) is 22.4. The van der Waals surface area contributed by atoms with Crippen molar-refractivity contribution in [3.63, 3.8) is 0 Å². The van der Waals surface area contributed by atoms with E-state index in [-0.39, 0.29) is 12.0 Å². The highest BCUT2D eigenvalue weighted by molar-refractivity contribution is 7.21. The number of nitrogens with one attached hydrogen (secondary N) is 2. The molecule has 170 valence electrons. The molecule has 0 amide bonds. The van der Waals surface area contributed by atoms with Crippen LogP contribution < -0.4 is 15.4 Å². The summed E-state index contributed by atoms with van der Waals surface area (Å²) in [7, 11) is 1.56. The standard InChI is InChI=1S/C23H24N6O3S/c1-12-9-16(20(31)19(12)30)27-21-14(22-28-15-5-3-4-6-17(15)33-22)11-25-23(29-21)26-13-7-8-24-18(10-13)32-2/h3-8,10-12,16,19-20,30-31H,9H2,1-2H3,(H2,24,25,26,27,29)/t12-,16+,19+,20-/m0/s1. The Kier molecular flexibility index (Phi) is 5.79. The molecule has 4 N–H and O–H groups in total. The number of nitrogens with zero attached hydrogens (tertiary/aromatic N) is 4. The van der Waals surface area contributed by atoms with Gasteiger partial charge in [0.2, 0.25) is 11.8 Å². The summed E-state index contributed by atoms with van der Waals surface area (Å²) >= 11 is 1.55. The van der Waals surface area contributed by atoms with Crippen LogP contribution in [0.3, 0.4) is 0 Å². The quantitative estimate of drug-likeness (QED) is 0.339. The summed E-state index contributed by atoms with van der Waals surface area (Å²) in [5, 5.41) is 28.0. The summed E-state index contributed by atoms with van der Waals surface area (Å²) in [5.41, 5.74) is 2.36. The minimum absolute atomic E-state index is 0.0212. The number of ether oxygens (including phenoxy) is 1. The lowest BCUT2D eigenvalue weighted by Gasteiger charge is -2.20. The maximum absolute atomic E-state index is 10.5. The third-order valence-electron chi connectivity index (χ3n) is 5.81. The molecule has 0 saturated heterocycles. The fraction of sp³-hybridized carbons (Fsp3) is 0.304. The van der Waals surface area contributed by atoms with Gasteiger partial charge in [-0.05, 0) is 30.5 Å². The van der Waals surface area contributed by atoms with Gasteiger partial charge in [0.15, 0.2) is 0 Å². The van der Waals surface area contributed by atoms with Gasteiger partial charge < -0.3 is 25.6 Å². The van der Waals surface area contributed by atoms with Crippen molar-refractivity contribution >= 4 is 39.0 Å². The van der Waals surface area contributed by atoms with Crippen LogP contribution >= 0.6 is 11.3 Å². The number of hydrogen-bond acceptors (Lipinski definition) is 10. The number of rotatable bonds is 6. The van der Waals surface area contributed by atoms with Gasteiger partial charge >= 0.3 is 0 Å². The second-order valence-electron chi connectivity index (χ2n) is 8.10.